The summed E-state index contributed by atoms with van der Waals surface area (Å²) in [6.07, 6.45) is 1.17. The zero-order valence-electron chi connectivity index (χ0n) is 12.4. The zero-order valence-corrected chi connectivity index (χ0v) is 13.3. The zero-order chi connectivity index (χ0) is 14.3. The second-order valence-corrected chi connectivity index (χ2v) is 4.90. The Kier molecular flexibility index (Phi) is 9.01. The number of rotatable bonds is 7. The Labute approximate surface area is 127 Å². The standard InChI is InChI=1S/C15H24N2O2.ClH/c1-11-6-7-14(9-12(11)2)19-8-4-5-15(18)17-13(3)10-16;/h6-7,9,13H,4-5,8,10,16H2,1-3H3,(H,17,18);1H/t13-;/m0./s1. The van der Waals surface area contributed by atoms with Crippen molar-refractivity contribution in [2.75, 3.05) is 13.2 Å². The summed E-state index contributed by atoms with van der Waals surface area (Å²) in [6, 6.07) is 6.05. The summed E-state index contributed by atoms with van der Waals surface area (Å²) in [4.78, 5) is 11.5. The summed E-state index contributed by atoms with van der Waals surface area (Å²) >= 11 is 0. The molecule has 0 bridgehead atoms. The third kappa shape index (κ3) is 6.78. The van der Waals surface area contributed by atoms with Crippen LogP contribution in [0.2, 0.25) is 0 Å². The predicted molar refractivity (Wildman–Crippen MR) is 84.6 cm³/mol. The minimum atomic E-state index is 0. The highest BCUT2D eigenvalue weighted by Crippen LogP contribution is 2.16. The normalized spacial score (nSPS) is 11.4. The maximum atomic E-state index is 11.5. The molecule has 0 fully saturated rings. The van der Waals surface area contributed by atoms with E-state index in [0.29, 0.717) is 26.0 Å². The van der Waals surface area contributed by atoms with Gasteiger partial charge < -0.3 is 15.8 Å². The van der Waals surface area contributed by atoms with Gasteiger partial charge in [0.05, 0.1) is 6.61 Å². The SMILES string of the molecule is Cc1ccc(OCCCC(=O)N[C@@H](C)CN)cc1C.Cl. The van der Waals surface area contributed by atoms with Gasteiger partial charge in [0.15, 0.2) is 0 Å². The molecule has 114 valence electrons. The number of nitrogens with two attached hydrogens (primary N) is 1. The first-order valence-corrected chi connectivity index (χ1v) is 6.72. The summed E-state index contributed by atoms with van der Waals surface area (Å²) in [5.74, 6) is 0.889. The van der Waals surface area contributed by atoms with E-state index in [0.717, 1.165) is 5.75 Å². The van der Waals surface area contributed by atoms with Gasteiger partial charge in [-0.25, -0.2) is 0 Å². The Morgan fingerprint density at radius 2 is 2.05 bits per heavy atom. The summed E-state index contributed by atoms with van der Waals surface area (Å²) in [5.41, 5.74) is 7.91. The van der Waals surface area contributed by atoms with E-state index in [-0.39, 0.29) is 24.4 Å². The first kappa shape index (κ1) is 18.7. The first-order chi connectivity index (χ1) is 9.02. The van der Waals surface area contributed by atoms with Crippen LogP contribution in [0.15, 0.2) is 18.2 Å². The molecule has 0 aromatic heterocycles. The number of amides is 1. The van der Waals surface area contributed by atoms with Crippen molar-refractivity contribution < 1.29 is 9.53 Å². The quantitative estimate of drug-likeness (QED) is 0.760. The van der Waals surface area contributed by atoms with E-state index in [9.17, 15) is 4.79 Å². The van der Waals surface area contributed by atoms with Crippen LogP contribution in [0.5, 0.6) is 5.75 Å². The van der Waals surface area contributed by atoms with Crippen LogP contribution < -0.4 is 15.8 Å². The molecule has 5 heteroatoms. The molecule has 0 aliphatic carbocycles. The average Bonchev–Trinajstić information content (AvgIpc) is 2.38. The minimum Gasteiger partial charge on any atom is -0.494 e. The molecule has 0 saturated heterocycles. The van der Waals surface area contributed by atoms with Crippen molar-refractivity contribution >= 4 is 18.3 Å². The van der Waals surface area contributed by atoms with Crippen molar-refractivity contribution in [3.05, 3.63) is 29.3 Å². The third-order valence-electron chi connectivity index (χ3n) is 3.06. The maximum absolute atomic E-state index is 11.5. The van der Waals surface area contributed by atoms with E-state index >= 15 is 0 Å². The number of aryl methyl sites for hydroxylation is 2. The lowest BCUT2D eigenvalue weighted by Crippen LogP contribution is -2.37. The summed E-state index contributed by atoms with van der Waals surface area (Å²) < 4.78 is 5.62. The molecule has 1 atom stereocenters. The number of hydrogen-bond donors (Lipinski definition) is 2. The molecule has 20 heavy (non-hydrogen) atoms. The van der Waals surface area contributed by atoms with E-state index in [1.807, 2.05) is 25.1 Å². The summed E-state index contributed by atoms with van der Waals surface area (Å²) in [7, 11) is 0. The van der Waals surface area contributed by atoms with Crippen LogP contribution in [0, 0.1) is 13.8 Å². The van der Waals surface area contributed by atoms with Gasteiger partial charge in [0.25, 0.3) is 0 Å². The van der Waals surface area contributed by atoms with Crippen LogP contribution in [0.3, 0.4) is 0 Å². The number of ether oxygens (including phenoxy) is 1. The molecule has 0 spiro atoms. The van der Waals surface area contributed by atoms with Crippen LogP contribution in [0.4, 0.5) is 0 Å². The molecule has 3 N–H and O–H groups in total. The lowest BCUT2D eigenvalue weighted by atomic mass is 10.1. The highest BCUT2D eigenvalue weighted by Gasteiger charge is 2.05. The van der Waals surface area contributed by atoms with Gasteiger partial charge in [-0.1, -0.05) is 6.07 Å². The highest BCUT2D eigenvalue weighted by molar-refractivity contribution is 5.85. The molecule has 1 amide bonds. The van der Waals surface area contributed by atoms with Crippen molar-refractivity contribution in [2.45, 2.75) is 39.7 Å². The van der Waals surface area contributed by atoms with Gasteiger partial charge in [0.2, 0.25) is 5.91 Å². The maximum Gasteiger partial charge on any atom is 0.220 e. The van der Waals surface area contributed by atoms with E-state index in [2.05, 4.69) is 19.2 Å². The van der Waals surface area contributed by atoms with E-state index in [1.54, 1.807) is 0 Å². The lowest BCUT2D eigenvalue weighted by molar-refractivity contribution is -0.121. The van der Waals surface area contributed by atoms with Gasteiger partial charge in [0.1, 0.15) is 5.75 Å². The molecule has 4 nitrogen and oxygen atoms in total. The molecule has 0 aliphatic rings. The van der Waals surface area contributed by atoms with Gasteiger partial charge >= 0.3 is 0 Å². The largest absolute Gasteiger partial charge is 0.494 e. The van der Waals surface area contributed by atoms with E-state index in [1.165, 1.54) is 11.1 Å². The molecule has 1 rings (SSSR count). The smallest absolute Gasteiger partial charge is 0.220 e. The van der Waals surface area contributed by atoms with Crippen molar-refractivity contribution in [1.29, 1.82) is 0 Å². The molecule has 1 aromatic carbocycles. The minimum absolute atomic E-state index is 0. The Morgan fingerprint density at radius 1 is 1.35 bits per heavy atom. The molecular weight excluding hydrogens is 276 g/mol. The first-order valence-electron chi connectivity index (χ1n) is 6.72. The van der Waals surface area contributed by atoms with Gasteiger partial charge in [-0.2, -0.15) is 0 Å². The number of hydrogen-bond acceptors (Lipinski definition) is 3. The van der Waals surface area contributed by atoms with Crippen molar-refractivity contribution in [3.8, 4) is 5.75 Å². The molecule has 0 heterocycles. The predicted octanol–water partition coefficient (Wildman–Crippen LogP) is 2.35. The van der Waals surface area contributed by atoms with Crippen molar-refractivity contribution in [2.24, 2.45) is 5.73 Å². The topological polar surface area (TPSA) is 64.3 Å². The summed E-state index contributed by atoms with van der Waals surface area (Å²) in [5, 5.41) is 2.83. The number of benzene rings is 1. The van der Waals surface area contributed by atoms with Crippen LogP contribution in [-0.2, 0) is 4.79 Å². The summed E-state index contributed by atoms with van der Waals surface area (Å²) in [6.45, 7) is 7.03. The Morgan fingerprint density at radius 3 is 2.65 bits per heavy atom. The van der Waals surface area contributed by atoms with Gasteiger partial charge in [-0.3, -0.25) is 4.79 Å². The number of carbonyl (C=O) groups excluding carboxylic acids is 1. The fourth-order valence-corrected chi connectivity index (χ4v) is 1.63. The van der Waals surface area contributed by atoms with E-state index in [4.69, 9.17) is 10.5 Å². The van der Waals surface area contributed by atoms with Gasteiger partial charge in [0, 0.05) is 19.0 Å². The van der Waals surface area contributed by atoms with Crippen LogP contribution in [0.1, 0.15) is 30.9 Å². The Hall–Kier alpha value is -1.26. The highest BCUT2D eigenvalue weighted by atomic mass is 35.5. The van der Waals surface area contributed by atoms with E-state index < -0.39 is 0 Å². The molecule has 1 aromatic rings. The van der Waals surface area contributed by atoms with Crippen LogP contribution in [-0.4, -0.2) is 25.1 Å². The third-order valence-corrected chi connectivity index (χ3v) is 3.06. The van der Waals surface area contributed by atoms with Crippen LogP contribution >= 0.6 is 12.4 Å². The Bertz CT molecular complexity index is 424. The van der Waals surface area contributed by atoms with Gasteiger partial charge in [-0.15, -0.1) is 12.4 Å². The molecule has 0 aliphatic heterocycles. The number of nitrogens with one attached hydrogen (secondary N) is 1. The fourth-order valence-electron chi connectivity index (χ4n) is 1.63. The second-order valence-electron chi connectivity index (χ2n) is 4.90. The second kappa shape index (κ2) is 9.61. The molecule has 0 radical (unpaired) electrons. The Balaban J connectivity index is 0.00000361. The van der Waals surface area contributed by atoms with Gasteiger partial charge in [-0.05, 0) is 50.5 Å². The number of halogens is 1. The molecular formula is C15H25ClN2O2. The van der Waals surface area contributed by atoms with Crippen LogP contribution in [0.25, 0.3) is 0 Å². The number of carbonyl (C=O) groups is 1. The lowest BCUT2D eigenvalue weighted by Gasteiger charge is -2.11. The monoisotopic (exact) mass is 300 g/mol. The molecule has 0 unspecified atom stereocenters. The van der Waals surface area contributed by atoms with Crippen molar-refractivity contribution in [3.63, 3.8) is 0 Å². The molecule has 0 saturated carbocycles. The fraction of sp³-hybridized carbons (Fsp3) is 0.533. The average molecular weight is 301 g/mol. The van der Waals surface area contributed by atoms with Crippen molar-refractivity contribution in [1.82, 2.24) is 5.32 Å².